The molecule has 5 nitrogen and oxygen atoms in total. The van der Waals surface area contributed by atoms with E-state index < -0.39 is 5.97 Å². The number of fused-ring (bicyclic) bond motifs is 2. The van der Waals surface area contributed by atoms with Crippen molar-refractivity contribution in [1.82, 2.24) is 15.2 Å². The number of pyridine rings is 1. The van der Waals surface area contributed by atoms with Crippen molar-refractivity contribution < 1.29 is 14.3 Å². The molecule has 0 atom stereocenters. The summed E-state index contributed by atoms with van der Waals surface area (Å²) in [5.41, 5.74) is 5.81. The summed E-state index contributed by atoms with van der Waals surface area (Å²) in [5, 5.41) is 18.5. The fraction of sp³-hybridized carbons (Fsp3) is 0.292. The first-order valence-corrected chi connectivity index (χ1v) is 10.2. The molecule has 0 saturated heterocycles. The zero-order valence-electron chi connectivity index (χ0n) is 16.8. The van der Waals surface area contributed by atoms with Gasteiger partial charge in [-0.25, -0.2) is 4.39 Å². The quantitative estimate of drug-likeness (QED) is 0.464. The number of rotatable bonds is 4. The molecule has 152 valence electrons. The van der Waals surface area contributed by atoms with Gasteiger partial charge in [0.25, 0.3) is 0 Å². The van der Waals surface area contributed by atoms with Crippen LogP contribution in [-0.4, -0.2) is 26.3 Å². The molecule has 1 fully saturated rings. The number of halogens is 1. The first-order chi connectivity index (χ1) is 14.4. The molecular weight excluding hydrogens is 381 g/mol. The Hall–Kier alpha value is -3.28. The molecule has 0 amide bonds. The first kappa shape index (κ1) is 18.7. The van der Waals surface area contributed by atoms with Crippen molar-refractivity contribution in [2.45, 2.75) is 38.5 Å². The Morgan fingerprint density at radius 2 is 1.93 bits per heavy atom. The number of aliphatic carboxylic acids is 1. The summed E-state index contributed by atoms with van der Waals surface area (Å²) >= 11 is 0. The van der Waals surface area contributed by atoms with Crippen molar-refractivity contribution in [2.75, 3.05) is 0 Å². The predicted octanol–water partition coefficient (Wildman–Crippen LogP) is 5.62. The maximum Gasteiger partial charge on any atom is 0.306 e. The van der Waals surface area contributed by atoms with E-state index in [1.165, 1.54) is 12.1 Å². The van der Waals surface area contributed by atoms with E-state index >= 15 is 0 Å². The van der Waals surface area contributed by atoms with Gasteiger partial charge in [0.1, 0.15) is 5.82 Å². The minimum absolute atomic E-state index is 0.115. The van der Waals surface area contributed by atoms with Crippen LogP contribution < -0.4 is 0 Å². The van der Waals surface area contributed by atoms with E-state index in [4.69, 9.17) is 4.98 Å². The Labute approximate surface area is 173 Å². The first-order valence-electron chi connectivity index (χ1n) is 10.2. The van der Waals surface area contributed by atoms with Gasteiger partial charge < -0.3 is 5.11 Å². The zero-order valence-corrected chi connectivity index (χ0v) is 16.8. The van der Waals surface area contributed by atoms with Crippen LogP contribution in [0.25, 0.3) is 32.9 Å². The number of nitrogens with zero attached hydrogens (tertiary/aromatic N) is 2. The zero-order chi connectivity index (χ0) is 21.0. The Balaban J connectivity index is 1.81. The maximum atomic E-state index is 13.7. The van der Waals surface area contributed by atoms with E-state index in [1.54, 1.807) is 18.3 Å². The Morgan fingerprint density at radius 1 is 1.20 bits per heavy atom. The second kappa shape index (κ2) is 6.90. The number of H-pyrrole nitrogens is 1. The lowest BCUT2D eigenvalue weighted by Gasteiger charge is -2.35. The van der Waals surface area contributed by atoms with Crippen LogP contribution in [0.15, 0.2) is 42.6 Å². The summed E-state index contributed by atoms with van der Waals surface area (Å²) in [7, 11) is 0. The number of carboxylic acids is 1. The summed E-state index contributed by atoms with van der Waals surface area (Å²) in [6.45, 7) is 4.26. The molecule has 0 radical (unpaired) electrons. The summed E-state index contributed by atoms with van der Waals surface area (Å²) in [6.07, 6.45) is 2.99. The van der Waals surface area contributed by atoms with Crippen LogP contribution in [0.3, 0.4) is 0 Å². The molecule has 2 heterocycles. The predicted molar refractivity (Wildman–Crippen MR) is 114 cm³/mol. The van der Waals surface area contributed by atoms with E-state index in [2.05, 4.69) is 30.1 Å². The van der Waals surface area contributed by atoms with Crippen molar-refractivity contribution >= 4 is 27.8 Å². The molecule has 1 aliphatic rings. The summed E-state index contributed by atoms with van der Waals surface area (Å²) in [5.74, 6) is -1.03. The smallest absolute Gasteiger partial charge is 0.306 e. The second-order valence-corrected chi connectivity index (χ2v) is 8.48. The third-order valence-corrected chi connectivity index (χ3v) is 6.20. The molecule has 0 bridgehead atoms. The maximum absolute atomic E-state index is 13.7. The van der Waals surface area contributed by atoms with E-state index in [0.717, 1.165) is 44.2 Å². The number of aromatic nitrogens is 3. The van der Waals surface area contributed by atoms with Gasteiger partial charge in [0.05, 0.1) is 23.1 Å². The van der Waals surface area contributed by atoms with Crippen molar-refractivity contribution in [3.05, 3.63) is 59.7 Å². The third kappa shape index (κ3) is 2.95. The molecule has 4 aromatic rings. The summed E-state index contributed by atoms with van der Waals surface area (Å²) < 4.78 is 13.7. The monoisotopic (exact) mass is 403 g/mol. The molecule has 0 aliphatic heterocycles. The standard InChI is InChI=1S/C24H22FN3O2/c1-12(2)21-22(13-3-5-17(25)6-4-13)18-9-16-11-26-28-19(16)10-20(18)27-23(21)14-7-15(8-14)24(29)30/h3-6,9-12,14-15H,7-8H2,1-2H3,(H,26,28)(H,29,30). The number of carbonyl (C=O) groups is 1. The average Bonchev–Trinajstić information content (AvgIpc) is 3.11. The van der Waals surface area contributed by atoms with Crippen LogP contribution in [0.4, 0.5) is 4.39 Å². The van der Waals surface area contributed by atoms with Crippen molar-refractivity contribution in [1.29, 1.82) is 0 Å². The number of aromatic amines is 1. The molecule has 0 unspecified atom stereocenters. The molecule has 1 aliphatic carbocycles. The number of nitrogens with one attached hydrogen (secondary N) is 1. The largest absolute Gasteiger partial charge is 0.481 e. The van der Waals surface area contributed by atoms with Crippen molar-refractivity contribution in [3.63, 3.8) is 0 Å². The van der Waals surface area contributed by atoms with E-state index in [-0.39, 0.29) is 23.6 Å². The van der Waals surface area contributed by atoms with Gasteiger partial charge in [-0.2, -0.15) is 5.10 Å². The van der Waals surface area contributed by atoms with Crippen LogP contribution >= 0.6 is 0 Å². The topological polar surface area (TPSA) is 78.9 Å². The number of benzene rings is 2. The Morgan fingerprint density at radius 3 is 2.60 bits per heavy atom. The van der Waals surface area contributed by atoms with E-state index in [0.29, 0.717) is 12.8 Å². The average molecular weight is 403 g/mol. The van der Waals surface area contributed by atoms with Crippen molar-refractivity contribution in [2.24, 2.45) is 5.92 Å². The highest BCUT2D eigenvalue weighted by molar-refractivity contribution is 6.03. The molecule has 2 N–H and O–H groups in total. The van der Waals surface area contributed by atoms with Crippen LogP contribution in [0.2, 0.25) is 0 Å². The molecule has 0 spiro atoms. The number of hydrogen-bond acceptors (Lipinski definition) is 3. The fourth-order valence-corrected chi connectivity index (χ4v) is 4.60. The second-order valence-electron chi connectivity index (χ2n) is 8.48. The molecule has 2 aromatic heterocycles. The minimum atomic E-state index is -0.740. The highest BCUT2D eigenvalue weighted by Crippen LogP contribution is 2.47. The lowest BCUT2D eigenvalue weighted by molar-refractivity contribution is -0.145. The van der Waals surface area contributed by atoms with Gasteiger partial charge in [0, 0.05) is 22.4 Å². The fourth-order valence-electron chi connectivity index (χ4n) is 4.60. The van der Waals surface area contributed by atoms with Gasteiger partial charge in [0.15, 0.2) is 0 Å². The lowest BCUT2D eigenvalue weighted by Crippen LogP contribution is -2.30. The molecule has 1 saturated carbocycles. The van der Waals surface area contributed by atoms with Gasteiger partial charge in [-0.05, 0) is 59.7 Å². The van der Waals surface area contributed by atoms with Gasteiger partial charge in [-0.3, -0.25) is 14.9 Å². The number of carboxylic acid groups (broad SMARTS) is 1. The van der Waals surface area contributed by atoms with Gasteiger partial charge >= 0.3 is 5.97 Å². The third-order valence-electron chi connectivity index (χ3n) is 6.20. The highest BCUT2D eigenvalue weighted by atomic mass is 19.1. The van der Waals surface area contributed by atoms with Crippen LogP contribution in [0.5, 0.6) is 0 Å². The SMILES string of the molecule is CC(C)c1c(C2CC(C(=O)O)C2)nc2cc3[nH]ncc3cc2c1-c1ccc(F)cc1. The van der Waals surface area contributed by atoms with E-state index in [9.17, 15) is 14.3 Å². The highest BCUT2D eigenvalue weighted by Gasteiger charge is 2.38. The molecular formula is C24H22FN3O2. The molecule has 6 heteroatoms. The minimum Gasteiger partial charge on any atom is -0.481 e. The van der Waals surface area contributed by atoms with Crippen LogP contribution in [-0.2, 0) is 4.79 Å². The van der Waals surface area contributed by atoms with Crippen molar-refractivity contribution in [3.8, 4) is 11.1 Å². The molecule has 5 rings (SSSR count). The molecule has 30 heavy (non-hydrogen) atoms. The van der Waals surface area contributed by atoms with Gasteiger partial charge in [0.2, 0.25) is 0 Å². The van der Waals surface area contributed by atoms with Crippen LogP contribution in [0, 0.1) is 11.7 Å². The van der Waals surface area contributed by atoms with E-state index in [1.807, 2.05) is 6.07 Å². The number of hydrogen-bond donors (Lipinski definition) is 2. The summed E-state index contributed by atoms with van der Waals surface area (Å²) in [4.78, 5) is 16.4. The van der Waals surface area contributed by atoms with Gasteiger partial charge in [-0.1, -0.05) is 26.0 Å². The van der Waals surface area contributed by atoms with Crippen LogP contribution in [0.1, 0.15) is 49.8 Å². The Kier molecular flexibility index (Phi) is 4.31. The molecule has 2 aromatic carbocycles. The normalized spacial score (nSPS) is 18.8. The summed E-state index contributed by atoms with van der Waals surface area (Å²) in [6, 6.07) is 10.6. The van der Waals surface area contributed by atoms with Gasteiger partial charge in [-0.15, -0.1) is 0 Å². The Bertz CT molecular complexity index is 1270. The lowest BCUT2D eigenvalue weighted by atomic mass is 9.70.